The summed E-state index contributed by atoms with van der Waals surface area (Å²) >= 11 is 7.97. The minimum Gasteiger partial charge on any atom is -0.352 e. The summed E-state index contributed by atoms with van der Waals surface area (Å²) in [7, 11) is 0. The number of hydrogen-bond acceptors (Lipinski definition) is 4. The molecule has 2 aliphatic rings. The van der Waals surface area contributed by atoms with Gasteiger partial charge in [-0.2, -0.15) is 0 Å². The zero-order valence-corrected chi connectivity index (χ0v) is 28.7. The van der Waals surface area contributed by atoms with Crippen LogP contribution in [0.2, 0.25) is 0 Å². The first-order valence-electron chi connectivity index (χ1n) is 16.6. The van der Waals surface area contributed by atoms with Crippen LogP contribution in [0.25, 0.3) is 0 Å². The maximum atomic E-state index is 2.44. The van der Waals surface area contributed by atoms with Gasteiger partial charge in [0, 0.05) is 57.5 Å². The van der Waals surface area contributed by atoms with Gasteiger partial charge < -0.3 is 9.13 Å². The van der Waals surface area contributed by atoms with E-state index >= 15 is 0 Å². The highest BCUT2D eigenvalue weighted by Gasteiger charge is 2.28. The smallest absolute Gasteiger partial charge is 0.0707 e. The number of rotatable bonds is 22. The molecule has 0 unspecified atom stereocenters. The molecule has 0 fully saturated rings. The maximum Gasteiger partial charge on any atom is 0.0707 e. The largest absolute Gasteiger partial charge is 0.352 e. The molecule has 0 aromatic carbocycles. The van der Waals surface area contributed by atoms with Crippen molar-refractivity contribution in [3.63, 3.8) is 0 Å². The fourth-order valence-electron chi connectivity index (χ4n) is 5.67. The van der Waals surface area contributed by atoms with Crippen LogP contribution in [0, 0.1) is 0 Å². The number of unbranched alkanes of at least 4 members (excludes halogenated alkanes) is 18. The number of fused-ring (bicyclic) bond motifs is 2. The van der Waals surface area contributed by atoms with Gasteiger partial charge in [-0.3, -0.25) is 0 Å². The average Bonchev–Trinajstić information content (AvgIpc) is 3.70. The predicted molar refractivity (Wildman–Crippen MR) is 183 cm³/mol. The second-order valence-electron chi connectivity index (χ2n) is 11.8. The first-order chi connectivity index (χ1) is 19.8. The summed E-state index contributed by atoms with van der Waals surface area (Å²) in [5.41, 5.74) is 0. The molecule has 0 bridgehead atoms. The van der Waals surface area contributed by atoms with Gasteiger partial charge in [0.15, 0.2) is 0 Å². The SMILES string of the molecule is CCCCCCCCCCCCn1cc2c(c1)SC(=C1Sc3cn(CCCCCCCCCCCC)cc3S1)S2. The summed E-state index contributed by atoms with van der Waals surface area (Å²) in [4.78, 5) is 5.85. The Balaban J connectivity index is 1.07. The molecule has 6 heteroatoms. The highest BCUT2D eigenvalue weighted by molar-refractivity contribution is 8.30. The summed E-state index contributed by atoms with van der Waals surface area (Å²) < 4.78 is 7.86. The Morgan fingerprint density at radius 2 is 0.625 bits per heavy atom. The van der Waals surface area contributed by atoms with Crippen molar-refractivity contribution in [2.24, 2.45) is 0 Å². The van der Waals surface area contributed by atoms with Gasteiger partial charge in [0.1, 0.15) is 0 Å². The summed E-state index contributed by atoms with van der Waals surface area (Å²) in [6.07, 6.45) is 37.7. The highest BCUT2D eigenvalue weighted by atomic mass is 32.2. The van der Waals surface area contributed by atoms with E-state index in [9.17, 15) is 0 Å². The Bertz CT molecular complexity index is 890. The minimum absolute atomic E-state index is 1.18. The normalized spacial score (nSPS) is 14.4. The fraction of sp³-hybridized carbons (Fsp3) is 0.706. The standard InChI is InChI=1S/C34H54N2S4/c1-3-5-7-9-11-13-15-17-19-21-23-35-25-29-30(26-35)38-33(37-29)34-39-31-27-36(28-32(31)40-34)24-22-20-18-16-14-12-10-8-6-4-2/h25-28H,3-24H2,1-2H3. The number of aromatic nitrogens is 2. The first-order valence-corrected chi connectivity index (χ1v) is 19.9. The molecule has 2 aromatic rings. The van der Waals surface area contributed by atoms with E-state index in [2.05, 4.69) is 47.8 Å². The minimum atomic E-state index is 1.18. The van der Waals surface area contributed by atoms with E-state index in [1.165, 1.54) is 170 Å². The lowest BCUT2D eigenvalue weighted by Crippen LogP contribution is -1.94. The Hall–Kier alpha value is -0.300. The monoisotopic (exact) mass is 618 g/mol. The predicted octanol–water partition coefficient (Wildman–Crippen LogP) is 13.4. The zero-order valence-electron chi connectivity index (χ0n) is 25.4. The molecule has 0 N–H and O–H groups in total. The van der Waals surface area contributed by atoms with Crippen LogP contribution in [0.4, 0.5) is 0 Å². The van der Waals surface area contributed by atoms with Gasteiger partial charge >= 0.3 is 0 Å². The second kappa shape index (κ2) is 19.1. The molecule has 4 rings (SSSR count). The molecule has 40 heavy (non-hydrogen) atoms. The van der Waals surface area contributed by atoms with Crippen molar-refractivity contribution in [2.75, 3.05) is 0 Å². The highest BCUT2D eigenvalue weighted by Crippen LogP contribution is 2.61. The third-order valence-corrected chi connectivity index (χ3v) is 13.6. The second-order valence-corrected chi connectivity index (χ2v) is 16.5. The Morgan fingerprint density at radius 1 is 0.375 bits per heavy atom. The summed E-state index contributed by atoms with van der Waals surface area (Å²) in [6.45, 7) is 6.95. The molecule has 0 saturated heterocycles. The molecule has 0 spiro atoms. The lowest BCUT2D eigenvalue weighted by Gasteiger charge is -2.06. The fourth-order valence-corrected chi connectivity index (χ4v) is 11.1. The van der Waals surface area contributed by atoms with Crippen LogP contribution in [0.3, 0.4) is 0 Å². The van der Waals surface area contributed by atoms with Crippen LogP contribution in [-0.4, -0.2) is 9.13 Å². The van der Waals surface area contributed by atoms with Gasteiger partial charge in [0.05, 0.1) is 8.47 Å². The quantitative estimate of drug-likeness (QED) is 0.121. The summed E-state index contributed by atoms with van der Waals surface area (Å²) in [5, 5.41) is 0. The van der Waals surface area contributed by atoms with Crippen molar-refractivity contribution in [1.82, 2.24) is 9.13 Å². The number of aryl methyl sites for hydroxylation is 2. The maximum absolute atomic E-state index is 2.44. The van der Waals surface area contributed by atoms with E-state index in [-0.39, 0.29) is 0 Å². The molecule has 0 amide bonds. The lowest BCUT2D eigenvalue weighted by atomic mass is 10.1. The van der Waals surface area contributed by atoms with E-state index in [4.69, 9.17) is 0 Å². The van der Waals surface area contributed by atoms with Crippen molar-refractivity contribution < 1.29 is 0 Å². The molecule has 0 atom stereocenters. The molecule has 0 radical (unpaired) electrons. The van der Waals surface area contributed by atoms with E-state index in [1.807, 2.05) is 47.0 Å². The number of thioether (sulfide) groups is 4. The van der Waals surface area contributed by atoms with E-state index in [0.717, 1.165) is 0 Å². The number of hydrogen-bond donors (Lipinski definition) is 0. The van der Waals surface area contributed by atoms with E-state index in [1.54, 1.807) is 0 Å². The lowest BCUT2D eigenvalue weighted by molar-refractivity contribution is 0.534. The molecule has 2 nitrogen and oxygen atoms in total. The molecular formula is C34H54N2S4. The van der Waals surface area contributed by atoms with Gasteiger partial charge in [0.2, 0.25) is 0 Å². The Morgan fingerprint density at radius 3 is 0.900 bits per heavy atom. The van der Waals surface area contributed by atoms with Crippen LogP contribution >= 0.6 is 47.0 Å². The van der Waals surface area contributed by atoms with Crippen molar-refractivity contribution in [1.29, 1.82) is 0 Å². The average molecular weight is 619 g/mol. The molecule has 4 heterocycles. The van der Waals surface area contributed by atoms with Crippen LogP contribution in [0.15, 0.2) is 52.8 Å². The van der Waals surface area contributed by atoms with Crippen molar-refractivity contribution in [3.8, 4) is 0 Å². The topological polar surface area (TPSA) is 9.86 Å². The van der Waals surface area contributed by atoms with Gasteiger partial charge in [-0.1, -0.05) is 176 Å². The van der Waals surface area contributed by atoms with Gasteiger partial charge in [-0.25, -0.2) is 0 Å². The first kappa shape index (κ1) is 32.6. The van der Waals surface area contributed by atoms with Crippen molar-refractivity contribution in [3.05, 3.63) is 33.3 Å². The van der Waals surface area contributed by atoms with Crippen LogP contribution in [0.5, 0.6) is 0 Å². The van der Waals surface area contributed by atoms with Crippen LogP contribution in [-0.2, 0) is 13.1 Å². The third kappa shape index (κ3) is 11.1. The Kier molecular flexibility index (Phi) is 15.6. The summed E-state index contributed by atoms with van der Waals surface area (Å²) in [6, 6.07) is 0. The van der Waals surface area contributed by atoms with E-state index in [0.29, 0.717) is 0 Å². The van der Waals surface area contributed by atoms with Gasteiger partial charge in [0.25, 0.3) is 0 Å². The molecule has 0 aliphatic carbocycles. The van der Waals surface area contributed by atoms with Crippen LogP contribution in [0.1, 0.15) is 142 Å². The van der Waals surface area contributed by atoms with Crippen molar-refractivity contribution in [2.45, 2.75) is 175 Å². The number of nitrogens with zero attached hydrogens (tertiary/aromatic N) is 2. The molecule has 2 aliphatic heterocycles. The van der Waals surface area contributed by atoms with E-state index < -0.39 is 0 Å². The molecule has 0 saturated carbocycles. The van der Waals surface area contributed by atoms with Crippen molar-refractivity contribution >= 4 is 47.0 Å². The van der Waals surface area contributed by atoms with Gasteiger partial charge in [-0.15, -0.1) is 0 Å². The molecule has 224 valence electrons. The molecular weight excluding hydrogens is 565 g/mol. The summed E-state index contributed by atoms with van der Waals surface area (Å²) in [5.74, 6) is 0. The van der Waals surface area contributed by atoms with Crippen LogP contribution < -0.4 is 0 Å². The third-order valence-electron chi connectivity index (χ3n) is 8.14. The zero-order chi connectivity index (χ0) is 27.8. The van der Waals surface area contributed by atoms with Gasteiger partial charge in [-0.05, 0) is 12.8 Å². The Labute approximate surface area is 263 Å². The molecule has 2 aromatic heterocycles.